The van der Waals surface area contributed by atoms with Crippen LogP contribution in [0.3, 0.4) is 0 Å². The van der Waals surface area contributed by atoms with Crippen molar-refractivity contribution < 1.29 is 0 Å². The lowest BCUT2D eigenvalue weighted by Crippen LogP contribution is -1.71. The molecule has 0 bridgehead atoms. The van der Waals surface area contributed by atoms with Crippen LogP contribution < -0.4 is 0 Å². The van der Waals surface area contributed by atoms with Crippen molar-refractivity contribution in [2.75, 3.05) is 0 Å². The van der Waals surface area contributed by atoms with Gasteiger partial charge in [-0.1, -0.05) is 34.5 Å². The molecule has 6 nitrogen and oxygen atoms in total. The first-order valence-electron chi connectivity index (χ1n) is 4.47. The highest BCUT2D eigenvalue weighted by Gasteiger charge is 1.96. The predicted octanol–water partition coefficient (Wildman–Crippen LogP) is 4.72. The molecule has 2 aromatic rings. The normalized spacial score (nSPS) is 9.25. The molecule has 0 aromatic heterocycles. The molecule has 0 fully saturated rings. The van der Waals surface area contributed by atoms with E-state index in [1.807, 2.05) is 12.1 Å². The molecule has 16 heavy (non-hydrogen) atoms. The first-order valence-corrected chi connectivity index (χ1v) is 4.47. The van der Waals surface area contributed by atoms with E-state index >= 15 is 0 Å². The molecule has 76 valence electrons. The minimum absolute atomic E-state index is 0.535. The third kappa shape index (κ3) is 1.88. The third-order valence-electron chi connectivity index (χ3n) is 2.13. The summed E-state index contributed by atoms with van der Waals surface area (Å²) in [4.78, 5) is 5.43. The number of rotatable bonds is 2. The Morgan fingerprint density at radius 3 is 1.69 bits per heavy atom. The van der Waals surface area contributed by atoms with Gasteiger partial charge in [0.15, 0.2) is 0 Å². The topological polar surface area (TPSA) is 97.5 Å². The minimum atomic E-state index is 0.535. The molecule has 0 atom stereocenters. The maximum Gasteiger partial charge on any atom is 0.0381 e. The van der Waals surface area contributed by atoms with Crippen molar-refractivity contribution >= 4 is 22.1 Å². The average molecular weight is 210 g/mol. The molecule has 0 saturated heterocycles. The molecule has 0 spiro atoms. The van der Waals surface area contributed by atoms with Gasteiger partial charge in [0.05, 0.1) is 0 Å². The van der Waals surface area contributed by atoms with E-state index < -0.39 is 0 Å². The third-order valence-corrected chi connectivity index (χ3v) is 2.13. The summed E-state index contributed by atoms with van der Waals surface area (Å²) >= 11 is 0. The highest BCUT2D eigenvalue weighted by Crippen LogP contribution is 2.25. The summed E-state index contributed by atoms with van der Waals surface area (Å²) in [5, 5.41) is 8.88. The van der Waals surface area contributed by atoms with Crippen LogP contribution in [0, 0.1) is 0 Å². The fourth-order valence-corrected chi connectivity index (χ4v) is 1.45. The Bertz CT molecular complexity index is 582. The van der Waals surface area contributed by atoms with Gasteiger partial charge in [0.2, 0.25) is 0 Å². The summed E-state index contributed by atoms with van der Waals surface area (Å²) in [5.74, 6) is 0. The summed E-state index contributed by atoms with van der Waals surface area (Å²) < 4.78 is 0. The number of fused-ring (bicyclic) bond motifs is 1. The van der Waals surface area contributed by atoms with E-state index in [9.17, 15) is 0 Å². The first-order chi connectivity index (χ1) is 7.83. The summed E-state index contributed by atoms with van der Waals surface area (Å²) in [6.45, 7) is 0. The van der Waals surface area contributed by atoms with E-state index in [1.165, 1.54) is 0 Å². The van der Waals surface area contributed by atoms with Crippen LogP contribution in [0.1, 0.15) is 0 Å². The van der Waals surface area contributed by atoms with E-state index in [0.717, 1.165) is 10.8 Å². The van der Waals surface area contributed by atoms with Crippen molar-refractivity contribution in [3.05, 3.63) is 57.3 Å². The smallest absolute Gasteiger partial charge is 0.0381 e. The predicted molar refractivity (Wildman–Crippen MR) is 61.6 cm³/mol. The molecular formula is C10H6N6. The van der Waals surface area contributed by atoms with Crippen molar-refractivity contribution in [3.63, 3.8) is 0 Å². The number of hydrogen-bond acceptors (Lipinski definition) is 2. The van der Waals surface area contributed by atoms with Crippen molar-refractivity contribution in [1.29, 1.82) is 0 Å². The summed E-state index contributed by atoms with van der Waals surface area (Å²) in [5.41, 5.74) is 17.7. The second-order valence-corrected chi connectivity index (χ2v) is 3.09. The van der Waals surface area contributed by atoms with E-state index in [2.05, 4.69) is 20.1 Å². The molecule has 6 heteroatoms. The van der Waals surface area contributed by atoms with Crippen LogP contribution >= 0.6 is 0 Å². The molecule has 0 unspecified atom stereocenters. The van der Waals surface area contributed by atoms with Gasteiger partial charge in [-0.3, -0.25) is 0 Å². The van der Waals surface area contributed by atoms with Gasteiger partial charge in [0.1, 0.15) is 0 Å². The van der Waals surface area contributed by atoms with Gasteiger partial charge in [-0.05, 0) is 34.0 Å². The van der Waals surface area contributed by atoms with E-state index in [1.54, 1.807) is 24.3 Å². The first kappa shape index (κ1) is 9.86. The van der Waals surface area contributed by atoms with Gasteiger partial charge in [-0.25, -0.2) is 0 Å². The minimum Gasteiger partial charge on any atom is -0.0608 e. The maximum atomic E-state index is 8.32. The number of azide groups is 2. The molecule has 0 radical (unpaired) electrons. The standard InChI is InChI=1S/C10H6N6/c11-15-13-9-3-1-7-2-4-10(14-16-12)6-8(7)5-9/h1-6H. The number of nitrogens with zero attached hydrogens (tertiary/aromatic N) is 6. The van der Waals surface area contributed by atoms with Gasteiger partial charge >= 0.3 is 0 Å². The molecule has 0 aliphatic rings. The zero-order valence-corrected chi connectivity index (χ0v) is 8.15. The number of hydrogen-bond donors (Lipinski definition) is 0. The zero-order chi connectivity index (χ0) is 11.4. The lowest BCUT2D eigenvalue weighted by Gasteiger charge is -1.99. The maximum absolute atomic E-state index is 8.32. The zero-order valence-electron chi connectivity index (χ0n) is 8.15. The van der Waals surface area contributed by atoms with Crippen molar-refractivity contribution in [1.82, 2.24) is 0 Å². The SMILES string of the molecule is [N-]=[N+]=Nc1ccc2ccc(N=[N+]=[N-])cc2c1. The summed E-state index contributed by atoms with van der Waals surface area (Å²) in [7, 11) is 0. The summed E-state index contributed by atoms with van der Waals surface area (Å²) in [6, 6.07) is 10.6. The van der Waals surface area contributed by atoms with Gasteiger partial charge in [-0.2, -0.15) is 0 Å². The van der Waals surface area contributed by atoms with Gasteiger partial charge in [0.25, 0.3) is 0 Å². The van der Waals surface area contributed by atoms with Crippen molar-refractivity contribution in [2.24, 2.45) is 10.2 Å². The van der Waals surface area contributed by atoms with Crippen molar-refractivity contribution in [2.45, 2.75) is 0 Å². The van der Waals surface area contributed by atoms with Crippen LogP contribution in [0.5, 0.6) is 0 Å². The molecule has 0 aliphatic heterocycles. The Morgan fingerprint density at radius 2 is 1.25 bits per heavy atom. The fourth-order valence-electron chi connectivity index (χ4n) is 1.45. The quantitative estimate of drug-likeness (QED) is 0.389. The van der Waals surface area contributed by atoms with Gasteiger partial charge in [-0.15, -0.1) is 0 Å². The summed E-state index contributed by atoms with van der Waals surface area (Å²) in [6.07, 6.45) is 0. The molecule has 0 amide bonds. The Kier molecular flexibility index (Phi) is 2.61. The molecule has 2 aromatic carbocycles. The molecule has 0 heterocycles. The van der Waals surface area contributed by atoms with Crippen molar-refractivity contribution in [3.8, 4) is 0 Å². The lowest BCUT2D eigenvalue weighted by molar-refractivity contribution is 1.48. The van der Waals surface area contributed by atoms with Crippen LogP contribution in [0.15, 0.2) is 46.6 Å². The average Bonchev–Trinajstić information content (AvgIpc) is 2.29. The van der Waals surface area contributed by atoms with Crippen LogP contribution in [0.4, 0.5) is 11.4 Å². The van der Waals surface area contributed by atoms with E-state index in [-0.39, 0.29) is 0 Å². The Labute approximate surface area is 90.4 Å². The van der Waals surface area contributed by atoms with E-state index in [4.69, 9.17) is 11.1 Å². The second-order valence-electron chi connectivity index (χ2n) is 3.09. The second kappa shape index (κ2) is 4.23. The van der Waals surface area contributed by atoms with Crippen LogP contribution in [0.2, 0.25) is 0 Å². The van der Waals surface area contributed by atoms with E-state index in [0.29, 0.717) is 11.4 Å². The number of benzene rings is 2. The molecule has 0 saturated carbocycles. The highest BCUT2D eigenvalue weighted by atomic mass is 15.1. The Morgan fingerprint density at radius 1 is 0.750 bits per heavy atom. The highest BCUT2D eigenvalue weighted by molar-refractivity contribution is 5.87. The molecule has 2 rings (SSSR count). The van der Waals surface area contributed by atoms with Crippen LogP contribution in [0.25, 0.3) is 31.7 Å². The van der Waals surface area contributed by atoms with Gasteiger partial charge in [0, 0.05) is 21.2 Å². The van der Waals surface area contributed by atoms with Crippen LogP contribution in [-0.4, -0.2) is 0 Å². The monoisotopic (exact) mass is 210 g/mol. The molecular weight excluding hydrogens is 204 g/mol. The molecule has 0 aliphatic carbocycles. The largest absolute Gasteiger partial charge is 0.0608 e. The van der Waals surface area contributed by atoms with Gasteiger partial charge < -0.3 is 0 Å². The fraction of sp³-hybridized carbons (Fsp3) is 0. The Balaban J connectivity index is 2.64. The lowest BCUT2D eigenvalue weighted by atomic mass is 10.1. The Hall–Kier alpha value is -2.68. The molecule has 0 N–H and O–H groups in total. The van der Waals surface area contributed by atoms with Crippen LogP contribution in [-0.2, 0) is 0 Å².